The first-order valence-electron chi connectivity index (χ1n) is 9.59. The minimum Gasteiger partial charge on any atom is -0.351 e. The predicted octanol–water partition coefficient (Wildman–Crippen LogP) is 5.68. The molecule has 1 aliphatic heterocycles. The van der Waals surface area contributed by atoms with E-state index in [0.29, 0.717) is 5.75 Å². The van der Waals surface area contributed by atoms with Crippen LogP contribution < -0.4 is 0 Å². The van der Waals surface area contributed by atoms with Gasteiger partial charge in [0.25, 0.3) is 0 Å². The Balaban J connectivity index is 1.69. The van der Waals surface area contributed by atoms with Gasteiger partial charge < -0.3 is 4.90 Å². The van der Waals surface area contributed by atoms with Crippen LogP contribution in [0.3, 0.4) is 0 Å². The Labute approximate surface area is 166 Å². The van der Waals surface area contributed by atoms with Crippen molar-refractivity contribution in [3.63, 3.8) is 0 Å². The molecule has 0 atom stereocenters. The van der Waals surface area contributed by atoms with E-state index in [1.807, 2.05) is 42.5 Å². The van der Waals surface area contributed by atoms with Crippen LogP contribution in [0, 0.1) is 0 Å². The summed E-state index contributed by atoms with van der Waals surface area (Å²) in [4.78, 5) is 19.8. The van der Waals surface area contributed by atoms with Gasteiger partial charge in [0, 0.05) is 18.7 Å². The fourth-order valence-electron chi connectivity index (χ4n) is 3.09. The summed E-state index contributed by atoms with van der Waals surface area (Å²) in [5, 5.41) is 0.957. The molecule has 2 aromatic carbocycles. The van der Waals surface area contributed by atoms with Gasteiger partial charge in [-0.1, -0.05) is 75.0 Å². The molecule has 3 nitrogen and oxygen atoms in total. The Morgan fingerprint density at radius 3 is 2.22 bits per heavy atom. The quantitative estimate of drug-likeness (QED) is 0.388. The molecule has 0 spiro atoms. The van der Waals surface area contributed by atoms with E-state index >= 15 is 0 Å². The number of aliphatic imine (C=N–C) groups is 1. The largest absolute Gasteiger partial charge is 0.351 e. The average molecular weight is 381 g/mol. The van der Waals surface area contributed by atoms with Gasteiger partial charge in [0.05, 0.1) is 11.4 Å². The van der Waals surface area contributed by atoms with Crippen LogP contribution in [-0.4, -0.2) is 34.7 Å². The predicted molar refractivity (Wildman–Crippen MR) is 116 cm³/mol. The zero-order valence-electron chi connectivity index (χ0n) is 16.4. The summed E-state index contributed by atoms with van der Waals surface area (Å²) >= 11 is 1.55. The molecule has 0 saturated carbocycles. The maximum absolute atomic E-state index is 12.7. The van der Waals surface area contributed by atoms with Crippen molar-refractivity contribution < 1.29 is 4.79 Å². The topological polar surface area (TPSA) is 32.7 Å². The first-order valence-corrected chi connectivity index (χ1v) is 10.6. The highest BCUT2D eigenvalue weighted by molar-refractivity contribution is 8.14. The molecular formula is C23H28N2OS. The number of thioether (sulfide) groups is 1. The van der Waals surface area contributed by atoms with Gasteiger partial charge in [0.15, 0.2) is 11.0 Å². The van der Waals surface area contributed by atoms with Crippen LogP contribution in [0.1, 0.15) is 49.5 Å². The Morgan fingerprint density at radius 1 is 1.00 bits per heavy atom. The number of hydrogen-bond donors (Lipinski definition) is 0. The highest BCUT2D eigenvalue weighted by Crippen LogP contribution is 2.24. The first-order chi connectivity index (χ1) is 12.9. The van der Waals surface area contributed by atoms with Gasteiger partial charge in [-0.3, -0.25) is 4.79 Å². The molecule has 0 N–H and O–H groups in total. The van der Waals surface area contributed by atoms with Crippen LogP contribution in [0.25, 0.3) is 0 Å². The number of nitrogens with zero attached hydrogens (tertiary/aromatic N) is 2. The van der Waals surface area contributed by atoms with Gasteiger partial charge in [-0.15, -0.1) is 0 Å². The summed E-state index contributed by atoms with van der Waals surface area (Å²) < 4.78 is 0. The third-order valence-corrected chi connectivity index (χ3v) is 5.78. The zero-order chi connectivity index (χ0) is 19.3. The number of Topliss-reactive ketones (excluding diaryl/α,β-unsaturated/α-hetero) is 1. The molecule has 4 heteroatoms. The molecular weight excluding hydrogens is 352 g/mol. The van der Waals surface area contributed by atoms with Crippen LogP contribution in [0.4, 0.5) is 5.69 Å². The second-order valence-corrected chi connectivity index (χ2v) is 8.91. The number of ketones is 1. The molecule has 0 unspecified atom stereocenters. The number of para-hydroxylation sites is 1. The Morgan fingerprint density at radius 2 is 1.63 bits per heavy atom. The van der Waals surface area contributed by atoms with E-state index < -0.39 is 0 Å². The highest BCUT2D eigenvalue weighted by Gasteiger charge is 2.19. The van der Waals surface area contributed by atoms with Crippen LogP contribution >= 0.6 is 11.8 Å². The number of likely N-dealkylation sites (tertiary alicyclic amines) is 1. The van der Waals surface area contributed by atoms with E-state index in [1.165, 1.54) is 18.4 Å². The molecule has 1 saturated heterocycles. The molecule has 2 aromatic rings. The molecule has 1 heterocycles. The van der Waals surface area contributed by atoms with E-state index in [0.717, 1.165) is 29.5 Å². The number of hydrogen-bond acceptors (Lipinski definition) is 3. The monoisotopic (exact) mass is 380 g/mol. The molecule has 3 rings (SSSR count). The van der Waals surface area contributed by atoms with Crippen molar-refractivity contribution in [3.05, 3.63) is 65.7 Å². The fraction of sp³-hybridized carbons (Fsp3) is 0.391. The van der Waals surface area contributed by atoms with Crippen molar-refractivity contribution in [2.75, 3.05) is 18.8 Å². The number of benzene rings is 2. The number of rotatable bonds is 4. The molecule has 142 valence electrons. The van der Waals surface area contributed by atoms with E-state index in [-0.39, 0.29) is 11.2 Å². The SMILES string of the molecule is CC(C)(C)c1ccc(C(=O)CSC(=Nc2ccccc2)N2CCCC2)cc1. The molecule has 0 amide bonds. The normalized spacial score (nSPS) is 15.2. The summed E-state index contributed by atoms with van der Waals surface area (Å²) in [6.45, 7) is 8.59. The van der Waals surface area contributed by atoms with Crippen LogP contribution in [0.5, 0.6) is 0 Å². The van der Waals surface area contributed by atoms with Gasteiger partial charge in [0.2, 0.25) is 0 Å². The summed E-state index contributed by atoms with van der Waals surface area (Å²) in [7, 11) is 0. The van der Waals surface area contributed by atoms with Crippen molar-refractivity contribution in [2.24, 2.45) is 4.99 Å². The van der Waals surface area contributed by atoms with Gasteiger partial charge in [-0.2, -0.15) is 0 Å². The second-order valence-electron chi connectivity index (χ2n) is 7.96. The lowest BCUT2D eigenvalue weighted by Crippen LogP contribution is -2.26. The van der Waals surface area contributed by atoms with E-state index in [4.69, 9.17) is 4.99 Å². The molecule has 1 aliphatic rings. The standard InChI is InChI=1S/C23H28N2OS/c1-23(2,3)19-13-11-18(12-14-19)21(26)17-27-22(25-15-7-8-16-25)24-20-9-5-4-6-10-20/h4-6,9-14H,7-8,15-17H2,1-3H3. The third-order valence-electron chi connectivity index (χ3n) is 4.76. The lowest BCUT2D eigenvalue weighted by atomic mass is 9.86. The highest BCUT2D eigenvalue weighted by atomic mass is 32.2. The van der Waals surface area contributed by atoms with Crippen LogP contribution in [0.15, 0.2) is 59.6 Å². The minimum atomic E-state index is 0.0988. The summed E-state index contributed by atoms with van der Waals surface area (Å²) in [5.41, 5.74) is 3.06. The lowest BCUT2D eigenvalue weighted by molar-refractivity contribution is 0.102. The van der Waals surface area contributed by atoms with Gasteiger partial charge in [-0.25, -0.2) is 4.99 Å². The Hall–Kier alpha value is -2.07. The van der Waals surface area contributed by atoms with Gasteiger partial charge >= 0.3 is 0 Å². The summed E-state index contributed by atoms with van der Waals surface area (Å²) in [5.74, 6) is 0.567. The Bertz CT molecular complexity index is 785. The molecule has 0 radical (unpaired) electrons. The minimum absolute atomic E-state index is 0.0988. The fourth-order valence-corrected chi connectivity index (χ4v) is 4.05. The third kappa shape index (κ3) is 5.46. The smallest absolute Gasteiger partial charge is 0.173 e. The van der Waals surface area contributed by atoms with Gasteiger partial charge in [-0.05, 0) is 36.0 Å². The second kappa shape index (κ2) is 8.75. The summed E-state index contributed by atoms with van der Waals surface area (Å²) in [6.07, 6.45) is 2.38. The molecule has 0 bridgehead atoms. The Kier molecular flexibility index (Phi) is 6.38. The number of amidine groups is 1. The van der Waals surface area contributed by atoms with Crippen molar-refractivity contribution in [2.45, 2.75) is 39.0 Å². The first kappa shape index (κ1) is 19.7. The van der Waals surface area contributed by atoms with Crippen molar-refractivity contribution in [1.82, 2.24) is 4.90 Å². The zero-order valence-corrected chi connectivity index (χ0v) is 17.3. The molecule has 27 heavy (non-hydrogen) atoms. The molecule has 0 aliphatic carbocycles. The lowest BCUT2D eigenvalue weighted by Gasteiger charge is -2.20. The summed E-state index contributed by atoms with van der Waals surface area (Å²) in [6, 6.07) is 18.0. The molecule has 0 aromatic heterocycles. The maximum atomic E-state index is 12.7. The van der Waals surface area contributed by atoms with E-state index in [9.17, 15) is 4.79 Å². The van der Waals surface area contributed by atoms with Gasteiger partial charge in [0.1, 0.15) is 0 Å². The number of carbonyl (C=O) groups is 1. The van der Waals surface area contributed by atoms with Crippen molar-refractivity contribution in [1.29, 1.82) is 0 Å². The molecule has 1 fully saturated rings. The van der Waals surface area contributed by atoms with Crippen LogP contribution in [0.2, 0.25) is 0 Å². The van der Waals surface area contributed by atoms with Crippen LogP contribution in [-0.2, 0) is 5.41 Å². The van der Waals surface area contributed by atoms with E-state index in [2.05, 4.69) is 37.8 Å². The average Bonchev–Trinajstić information content (AvgIpc) is 3.20. The van der Waals surface area contributed by atoms with E-state index in [1.54, 1.807) is 11.8 Å². The van der Waals surface area contributed by atoms with Crippen molar-refractivity contribution >= 4 is 28.4 Å². The number of carbonyl (C=O) groups excluding carboxylic acids is 1. The van der Waals surface area contributed by atoms with Crippen molar-refractivity contribution in [3.8, 4) is 0 Å². The maximum Gasteiger partial charge on any atom is 0.173 e.